The van der Waals surface area contributed by atoms with E-state index in [1.807, 2.05) is 12.1 Å². The summed E-state index contributed by atoms with van der Waals surface area (Å²) < 4.78 is 12.1. The molecule has 31 heavy (non-hydrogen) atoms. The van der Waals surface area contributed by atoms with Crippen molar-refractivity contribution < 1.29 is 19.2 Å². The van der Waals surface area contributed by atoms with Crippen molar-refractivity contribution in [1.29, 1.82) is 0 Å². The Labute approximate surface area is 192 Å². The number of nitrogens with zero attached hydrogens (tertiary/aromatic N) is 2. The van der Waals surface area contributed by atoms with Crippen LogP contribution >= 0.6 is 22.6 Å². The van der Waals surface area contributed by atoms with Gasteiger partial charge in [0.15, 0.2) is 11.5 Å². The number of methoxy groups -OCH3 is 1. The monoisotopic (exact) mass is 531 g/mol. The lowest BCUT2D eigenvalue weighted by Gasteiger charge is -2.13. The number of non-ortho nitro benzene ring substituents is 1. The molecule has 1 N–H and O–H groups in total. The van der Waals surface area contributed by atoms with Gasteiger partial charge in [-0.15, -0.1) is 0 Å². The Balaban J connectivity index is 1.68. The largest absolute Gasteiger partial charge is 0.493 e. The molecule has 0 radical (unpaired) electrons. The summed E-state index contributed by atoms with van der Waals surface area (Å²) in [7, 11) is 1.53. The Morgan fingerprint density at radius 2 is 1.87 bits per heavy atom. The molecular weight excluding hydrogens is 513 g/mol. The Morgan fingerprint density at radius 3 is 2.52 bits per heavy atom. The van der Waals surface area contributed by atoms with Crippen LogP contribution in [0.2, 0.25) is 0 Å². The number of hydrogen-bond donors (Lipinski definition) is 1. The van der Waals surface area contributed by atoms with Crippen molar-refractivity contribution in [3.63, 3.8) is 0 Å². The zero-order valence-electron chi connectivity index (χ0n) is 16.4. The number of nitro benzene ring substituents is 1. The minimum Gasteiger partial charge on any atom is -0.493 e. The number of halogens is 1. The fourth-order valence-corrected chi connectivity index (χ4v) is 3.42. The molecule has 0 saturated carbocycles. The topological polar surface area (TPSA) is 103 Å². The molecule has 1 amide bonds. The van der Waals surface area contributed by atoms with Gasteiger partial charge >= 0.3 is 0 Å². The molecule has 0 unspecified atom stereocenters. The van der Waals surface area contributed by atoms with Gasteiger partial charge in [0.05, 0.1) is 21.8 Å². The first kappa shape index (κ1) is 22.2. The standard InChI is InChI=1S/C22H18IN3O5/c1-30-20-12-16(13-24-25-22(27)17-5-3-2-4-6-17)11-19(23)21(20)31-14-15-7-9-18(10-8-15)26(28)29/h2-13H,14H2,1H3,(H,25,27)/b24-13-. The van der Waals surface area contributed by atoms with Gasteiger partial charge in [-0.25, -0.2) is 5.43 Å². The van der Waals surface area contributed by atoms with Crippen LogP contribution in [0.15, 0.2) is 71.8 Å². The van der Waals surface area contributed by atoms with E-state index in [0.717, 1.165) is 14.7 Å². The fourth-order valence-electron chi connectivity index (χ4n) is 2.64. The second kappa shape index (κ2) is 10.5. The third-order valence-corrected chi connectivity index (χ3v) is 5.00. The predicted octanol–water partition coefficient (Wildman–Crippen LogP) is 4.55. The van der Waals surface area contributed by atoms with Gasteiger partial charge in [-0.1, -0.05) is 18.2 Å². The average Bonchev–Trinajstić information content (AvgIpc) is 2.78. The summed E-state index contributed by atoms with van der Waals surface area (Å²) in [5.41, 5.74) is 4.54. The number of hydrazone groups is 1. The minimum absolute atomic E-state index is 0.0268. The summed E-state index contributed by atoms with van der Waals surface area (Å²) in [6.07, 6.45) is 1.52. The van der Waals surface area contributed by atoms with E-state index >= 15 is 0 Å². The lowest BCUT2D eigenvalue weighted by Crippen LogP contribution is -2.17. The molecule has 3 aromatic carbocycles. The van der Waals surface area contributed by atoms with E-state index < -0.39 is 4.92 Å². The zero-order valence-corrected chi connectivity index (χ0v) is 18.6. The molecule has 0 saturated heterocycles. The van der Waals surface area contributed by atoms with Crippen molar-refractivity contribution in [1.82, 2.24) is 5.43 Å². The van der Waals surface area contributed by atoms with Crippen LogP contribution in [-0.4, -0.2) is 24.2 Å². The van der Waals surface area contributed by atoms with Gasteiger partial charge in [0.25, 0.3) is 11.6 Å². The number of ether oxygens (including phenoxy) is 2. The molecule has 0 aliphatic rings. The maximum atomic E-state index is 12.0. The van der Waals surface area contributed by atoms with Crippen LogP contribution < -0.4 is 14.9 Å². The van der Waals surface area contributed by atoms with Crippen LogP contribution in [0, 0.1) is 13.7 Å². The fraction of sp³-hybridized carbons (Fsp3) is 0.0909. The highest BCUT2D eigenvalue weighted by Crippen LogP contribution is 2.34. The van der Waals surface area contributed by atoms with Crippen LogP contribution in [0.5, 0.6) is 11.5 Å². The number of carbonyl (C=O) groups excluding carboxylic acids is 1. The van der Waals surface area contributed by atoms with E-state index in [9.17, 15) is 14.9 Å². The number of nitro groups is 1. The maximum absolute atomic E-state index is 12.0. The molecule has 0 bridgehead atoms. The Bertz CT molecular complexity index is 1100. The molecule has 8 nitrogen and oxygen atoms in total. The van der Waals surface area contributed by atoms with E-state index in [2.05, 4.69) is 33.1 Å². The van der Waals surface area contributed by atoms with Crippen LogP contribution in [0.3, 0.4) is 0 Å². The molecular formula is C22H18IN3O5. The van der Waals surface area contributed by atoms with Crippen molar-refractivity contribution in [2.75, 3.05) is 7.11 Å². The summed E-state index contributed by atoms with van der Waals surface area (Å²) in [6.45, 7) is 0.227. The summed E-state index contributed by atoms with van der Waals surface area (Å²) in [6, 6.07) is 18.5. The number of amides is 1. The van der Waals surface area contributed by atoms with Gasteiger partial charge in [-0.2, -0.15) is 5.10 Å². The molecule has 0 atom stereocenters. The zero-order chi connectivity index (χ0) is 22.2. The van der Waals surface area contributed by atoms with E-state index in [1.165, 1.54) is 25.5 Å². The molecule has 0 aliphatic carbocycles. The first-order chi connectivity index (χ1) is 15.0. The van der Waals surface area contributed by atoms with Crippen LogP contribution in [0.1, 0.15) is 21.5 Å². The molecule has 0 heterocycles. The Kier molecular flexibility index (Phi) is 7.55. The third-order valence-electron chi connectivity index (χ3n) is 4.20. The van der Waals surface area contributed by atoms with E-state index in [1.54, 1.807) is 42.5 Å². The van der Waals surface area contributed by atoms with Crippen LogP contribution in [-0.2, 0) is 6.61 Å². The molecule has 0 spiro atoms. The first-order valence-corrected chi connectivity index (χ1v) is 10.2. The number of hydrogen-bond acceptors (Lipinski definition) is 6. The normalized spacial score (nSPS) is 10.6. The van der Waals surface area contributed by atoms with Gasteiger partial charge in [-0.05, 0) is 70.1 Å². The second-order valence-corrected chi connectivity index (χ2v) is 7.47. The van der Waals surface area contributed by atoms with Gasteiger partial charge in [0.2, 0.25) is 0 Å². The van der Waals surface area contributed by atoms with Gasteiger partial charge in [0, 0.05) is 17.7 Å². The van der Waals surface area contributed by atoms with Crippen LogP contribution in [0.25, 0.3) is 0 Å². The van der Waals surface area contributed by atoms with Crippen molar-refractivity contribution in [3.05, 3.63) is 97.1 Å². The number of rotatable bonds is 8. The summed E-state index contributed by atoms with van der Waals surface area (Å²) >= 11 is 2.12. The number of carbonyl (C=O) groups is 1. The van der Waals surface area contributed by atoms with Crippen LogP contribution in [0.4, 0.5) is 5.69 Å². The lowest BCUT2D eigenvalue weighted by atomic mass is 10.2. The number of benzene rings is 3. The highest BCUT2D eigenvalue weighted by atomic mass is 127. The van der Waals surface area contributed by atoms with Crippen molar-refractivity contribution >= 4 is 40.4 Å². The quantitative estimate of drug-likeness (QED) is 0.199. The molecule has 0 fully saturated rings. The predicted molar refractivity (Wildman–Crippen MR) is 125 cm³/mol. The van der Waals surface area contributed by atoms with Gasteiger partial charge in [0.1, 0.15) is 6.61 Å². The van der Waals surface area contributed by atoms with E-state index in [-0.39, 0.29) is 18.2 Å². The summed E-state index contributed by atoms with van der Waals surface area (Å²) in [5, 5.41) is 14.8. The molecule has 9 heteroatoms. The molecule has 158 valence electrons. The first-order valence-electron chi connectivity index (χ1n) is 9.10. The lowest BCUT2D eigenvalue weighted by molar-refractivity contribution is -0.384. The third kappa shape index (κ3) is 6.01. The highest BCUT2D eigenvalue weighted by Gasteiger charge is 2.12. The SMILES string of the molecule is COc1cc(/C=N\NC(=O)c2ccccc2)cc(I)c1OCc1ccc([N+](=O)[O-])cc1. The van der Waals surface area contributed by atoms with E-state index in [4.69, 9.17) is 9.47 Å². The summed E-state index contributed by atoms with van der Waals surface area (Å²) in [5.74, 6) is 0.748. The molecule has 3 aromatic rings. The van der Waals surface area contributed by atoms with Crippen molar-refractivity contribution in [3.8, 4) is 11.5 Å². The van der Waals surface area contributed by atoms with Crippen molar-refractivity contribution in [2.45, 2.75) is 6.61 Å². The average molecular weight is 531 g/mol. The van der Waals surface area contributed by atoms with Crippen molar-refractivity contribution in [2.24, 2.45) is 5.10 Å². The van der Waals surface area contributed by atoms with Gasteiger partial charge in [-0.3, -0.25) is 14.9 Å². The molecule has 3 rings (SSSR count). The molecule has 0 aliphatic heterocycles. The highest BCUT2D eigenvalue weighted by molar-refractivity contribution is 14.1. The maximum Gasteiger partial charge on any atom is 0.271 e. The van der Waals surface area contributed by atoms with E-state index in [0.29, 0.717) is 17.1 Å². The number of nitrogens with one attached hydrogen (secondary N) is 1. The Hall–Kier alpha value is -3.47. The second-order valence-electron chi connectivity index (χ2n) is 6.31. The minimum atomic E-state index is -0.445. The summed E-state index contributed by atoms with van der Waals surface area (Å²) in [4.78, 5) is 22.4. The Morgan fingerprint density at radius 1 is 1.16 bits per heavy atom. The van der Waals surface area contributed by atoms with Gasteiger partial charge < -0.3 is 9.47 Å². The smallest absolute Gasteiger partial charge is 0.271 e. The molecule has 0 aromatic heterocycles.